The summed E-state index contributed by atoms with van der Waals surface area (Å²) in [6.07, 6.45) is 0. The molecule has 1 unspecified atom stereocenters. The second-order valence-corrected chi connectivity index (χ2v) is 5.04. The normalized spacial score (nSPS) is 14.7. The lowest BCUT2D eigenvalue weighted by Crippen LogP contribution is -2.24. The van der Waals surface area contributed by atoms with Gasteiger partial charge in [-0.2, -0.15) is 12.6 Å². The number of rotatable bonds is 4. The lowest BCUT2D eigenvalue weighted by molar-refractivity contribution is 0.415. The summed E-state index contributed by atoms with van der Waals surface area (Å²) in [5, 5.41) is 0. The van der Waals surface area contributed by atoms with Crippen LogP contribution < -0.4 is 0 Å². The molecular weight excluding hydrogens is 162 g/mol. The first-order valence-electron chi connectivity index (χ1n) is 3.69. The van der Waals surface area contributed by atoms with E-state index in [9.17, 15) is 0 Å². The number of hydrogen-bond acceptors (Lipinski definition) is 3. The molecule has 10 heavy (non-hydrogen) atoms. The van der Waals surface area contributed by atoms with E-state index in [1.54, 1.807) is 11.9 Å². The van der Waals surface area contributed by atoms with Crippen molar-refractivity contribution in [2.45, 2.75) is 38.3 Å². The Bertz CT molecular complexity index is 83.7. The zero-order chi connectivity index (χ0) is 8.15. The molecule has 62 valence electrons. The summed E-state index contributed by atoms with van der Waals surface area (Å²) >= 11 is 6.11. The molecule has 0 spiro atoms. The minimum Gasteiger partial charge on any atom is -0.247 e. The van der Waals surface area contributed by atoms with E-state index in [1.165, 1.54) is 0 Å². The molecule has 0 N–H and O–H groups in total. The molecule has 0 fully saturated rings. The lowest BCUT2D eigenvalue weighted by atomic mass is 10.4. The maximum atomic E-state index is 4.31. The van der Waals surface area contributed by atoms with Crippen molar-refractivity contribution in [3.05, 3.63) is 0 Å². The highest BCUT2D eigenvalue weighted by atomic mass is 32.2. The predicted molar refractivity (Wildman–Crippen MR) is 53.6 cm³/mol. The monoisotopic (exact) mass is 179 g/mol. The van der Waals surface area contributed by atoms with Crippen LogP contribution in [0, 0.1) is 0 Å². The molecule has 3 heteroatoms. The van der Waals surface area contributed by atoms with E-state index in [1.807, 2.05) is 0 Å². The molecule has 0 amide bonds. The molecule has 0 heterocycles. The third kappa shape index (κ3) is 4.47. The molecule has 0 radical (unpaired) electrons. The quantitative estimate of drug-likeness (QED) is 0.401. The van der Waals surface area contributed by atoms with Gasteiger partial charge >= 0.3 is 0 Å². The smallest absolute Gasteiger partial charge is 0.0591 e. The van der Waals surface area contributed by atoms with E-state index in [-0.39, 0.29) is 0 Å². The zero-order valence-electron chi connectivity index (χ0n) is 7.16. The first kappa shape index (κ1) is 10.7. The fourth-order valence-corrected chi connectivity index (χ4v) is 1.91. The molecule has 0 aliphatic carbocycles. The van der Waals surface area contributed by atoms with E-state index >= 15 is 0 Å². The summed E-state index contributed by atoms with van der Waals surface area (Å²) in [5.74, 6) is 0. The molecule has 1 atom stereocenters. The Morgan fingerprint density at radius 1 is 1.40 bits per heavy atom. The van der Waals surface area contributed by atoms with Gasteiger partial charge in [-0.3, -0.25) is 0 Å². The van der Waals surface area contributed by atoms with Crippen molar-refractivity contribution in [1.29, 1.82) is 0 Å². The third-order valence-corrected chi connectivity index (χ3v) is 2.71. The van der Waals surface area contributed by atoms with Crippen LogP contribution in [-0.2, 0) is 0 Å². The molecule has 0 aliphatic rings. The number of thiol groups is 1. The maximum Gasteiger partial charge on any atom is 0.0591 e. The summed E-state index contributed by atoms with van der Waals surface area (Å²) in [5.41, 5.74) is 0. The maximum absolute atomic E-state index is 4.31. The van der Waals surface area contributed by atoms with Crippen LogP contribution in [0.5, 0.6) is 0 Å². The number of nitrogens with zero attached hydrogens (tertiary/aromatic N) is 1. The van der Waals surface area contributed by atoms with Gasteiger partial charge in [0.2, 0.25) is 0 Å². The summed E-state index contributed by atoms with van der Waals surface area (Å²) in [4.78, 5) is 0. The van der Waals surface area contributed by atoms with Crippen LogP contribution in [0.25, 0.3) is 0 Å². The fraction of sp³-hybridized carbons (Fsp3) is 1.00. The highest BCUT2D eigenvalue weighted by Gasteiger charge is 2.08. The second-order valence-electron chi connectivity index (χ2n) is 2.53. The van der Waals surface area contributed by atoms with Gasteiger partial charge in [-0.25, -0.2) is 4.31 Å². The van der Waals surface area contributed by atoms with Crippen molar-refractivity contribution in [3.63, 3.8) is 0 Å². The standard InChI is InChI=1S/C7H17NS2/c1-5-8(6(2)3)10-7(4)9/h6-7,9H,5H2,1-4H3. The zero-order valence-corrected chi connectivity index (χ0v) is 8.88. The predicted octanol–water partition coefficient (Wildman–Crippen LogP) is 2.64. The Hall–Kier alpha value is 0.660. The summed E-state index contributed by atoms with van der Waals surface area (Å²) in [6, 6.07) is 0.615. The second kappa shape index (κ2) is 5.33. The average molecular weight is 179 g/mol. The van der Waals surface area contributed by atoms with Crippen LogP contribution in [0.1, 0.15) is 27.7 Å². The third-order valence-electron chi connectivity index (χ3n) is 1.18. The number of hydrogen-bond donors (Lipinski definition) is 1. The molecule has 0 saturated heterocycles. The van der Waals surface area contributed by atoms with Crippen LogP contribution in [0.2, 0.25) is 0 Å². The van der Waals surface area contributed by atoms with Crippen LogP contribution in [0.15, 0.2) is 0 Å². The van der Waals surface area contributed by atoms with Crippen molar-refractivity contribution in [1.82, 2.24) is 4.31 Å². The van der Waals surface area contributed by atoms with Crippen LogP contribution in [0.4, 0.5) is 0 Å². The molecule has 0 aliphatic heterocycles. The van der Waals surface area contributed by atoms with Crippen molar-refractivity contribution < 1.29 is 0 Å². The molecule has 0 saturated carbocycles. The highest BCUT2D eigenvalue weighted by molar-refractivity contribution is 8.08. The van der Waals surface area contributed by atoms with E-state index in [0.29, 0.717) is 10.6 Å². The van der Waals surface area contributed by atoms with E-state index in [0.717, 1.165) is 6.54 Å². The van der Waals surface area contributed by atoms with Crippen LogP contribution in [0.3, 0.4) is 0 Å². The Morgan fingerprint density at radius 2 is 1.90 bits per heavy atom. The summed E-state index contributed by atoms with van der Waals surface area (Å²) in [7, 11) is 0. The molecular formula is C7H17NS2. The Labute approximate surface area is 74.1 Å². The first-order valence-corrected chi connectivity index (χ1v) is 5.04. The van der Waals surface area contributed by atoms with Gasteiger partial charge in [-0.1, -0.05) is 18.9 Å². The van der Waals surface area contributed by atoms with E-state index < -0.39 is 0 Å². The Kier molecular flexibility index (Phi) is 5.68. The lowest BCUT2D eigenvalue weighted by Gasteiger charge is -2.24. The molecule has 0 aromatic heterocycles. The van der Waals surface area contributed by atoms with Gasteiger partial charge in [0.25, 0.3) is 0 Å². The average Bonchev–Trinajstić information content (AvgIpc) is 1.81. The molecule has 0 aromatic carbocycles. The van der Waals surface area contributed by atoms with Crippen LogP contribution in [-0.4, -0.2) is 21.5 Å². The molecule has 0 bridgehead atoms. The van der Waals surface area contributed by atoms with Gasteiger partial charge in [0, 0.05) is 12.6 Å². The minimum atomic E-state index is 0.405. The van der Waals surface area contributed by atoms with Crippen molar-refractivity contribution in [3.8, 4) is 0 Å². The van der Waals surface area contributed by atoms with Gasteiger partial charge in [0.05, 0.1) is 4.58 Å². The molecule has 1 nitrogen and oxygen atoms in total. The molecule has 0 aromatic rings. The minimum absolute atomic E-state index is 0.405. The van der Waals surface area contributed by atoms with Crippen LogP contribution >= 0.6 is 24.6 Å². The summed E-state index contributed by atoms with van der Waals surface area (Å²) < 4.78 is 2.74. The van der Waals surface area contributed by atoms with Gasteiger partial charge in [0.1, 0.15) is 0 Å². The molecule has 0 rings (SSSR count). The van der Waals surface area contributed by atoms with Crippen molar-refractivity contribution >= 4 is 24.6 Å². The van der Waals surface area contributed by atoms with Gasteiger partial charge < -0.3 is 0 Å². The first-order chi connectivity index (χ1) is 4.57. The summed E-state index contributed by atoms with van der Waals surface area (Å²) in [6.45, 7) is 9.76. The topological polar surface area (TPSA) is 3.24 Å². The van der Waals surface area contributed by atoms with E-state index in [2.05, 4.69) is 44.6 Å². The Morgan fingerprint density at radius 3 is 2.00 bits per heavy atom. The van der Waals surface area contributed by atoms with E-state index in [4.69, 9.17) is 0 Å². The highest BCUT2D eigenvalue weighted by Crippen LogP contribution is 2.21. The SMILES string of the molecule is CCN(SC(C)S)C(C)C. The van der Waals surface area contributed by atoms with Gasteiger partial charge in [0.15, 0.2) is 0 Å². The van der Waals surface area contributed by atoms with Crippen molar-refractivity contribution in [2.24, 2.45) is 0 Å². The van der Waals surface area contributed by atoms with Crippen molar-refractivity contribution in [2.75, 3.05) is 6.54 Å². The Balaban J connectivity index is 3.60. The van der Waals surface area contributed by atoms with Gasteiger partial charge in [-0.15, -0.1) is 0 Å². The largest absolute Gasteiger partial charge is 0.247 e. The fourth-order valence-electron chi connectivity index (χ4n) is 0.757. The van der Waals surface area contributed by atoms with Gasteiger partial charge in [-0.05, 0) is 20.8 Å².